The van der Waals surface area contributed by atoms with Crippen LogP contribution in [-0.2, 0) is 0 Å². The molecule has 0 amide bonds. The van der Waals surface area contributed by atoms with Crippen molar-refractivity contribution in [2.45, 2.75) is 20.0 Å². The molecular formula is C7H14N2O. The maximum absolute atomic E-state index is 9.02. The van der Waals surface area contributed by atoms with Crippen molar-refractivity contribution >= 4 is 5.84 Å². The van der Waals surface area contributed by atoms with Gasteiger partial charge < -0.3 is 10.8 Å². The lowest BCUT2D eigenvalue weighted by Crippen LogP contribution is -2.29. The summed E-state index contributed by atoms with van der Waals surface area (Å²) in [5.41, 5.74) is 5.45. The monoisotopic (exact) mass is 142 g/mol. The first-order valence-corrected chi connectivity index (χ1v) is 3.21. The van der Waals surface area contributed by atoms with Gasteiger partial charge in [-0.1, -0.05) is 13.5 Å². The topological polar surface area (TPSA) is 58.6 Å². The van der Waals surface area contributed by atoms with Gasteiger partial charge in [0, 0.05) is 12.1 Å². The molecule has 0 aliphatic heterocycles. The van der Waals surface area contributed by atoms with Crippen molar-refractivity contribution in [1.82, 2.24) is 0 Å². The summed E-state index contributed by atoms with van der Waals surface area (Å²) in [6.45, 7) is 6.88. The highest BCUT2D eigenvalue weighted by molar-refractivity contribution is 5.83. The average Bonchev–Trinajstić information content (AvgIpc) is 1.87. The molecule has 0 spiro atoms. The number of nitrogens with two attached hydrogens (primary N) is 1. The molecular weight excluding hydrogens is 128 g/mol. The molecule has 0 aromatic carbocycles. The molecule has 0 aromatic rings. The van der Waals surface area contributed by atoms with Gasteiger partial charge in [-0.15, -0.1) is 0 Å². The van der Waals surface area contributed by atoms with Crippen molar-refractivity contribution in [1.29, 1.82) is 0 Å². The van der Waals surface area contributed by atoms with E-state index in [2.05, 4.69) is 11.6 Å². The number of nitrogens with zero attached hydrogens (tertiary/aromatic N) is 1. The Bertz CT molecular complexity index is 141. The lowest BCUT2D eigenvalue weighted by Gasteiger charge is -2.12. The Labute approximate surface area is 61.3 Å². The fraction of sp³-hybridized carbons (Fsp3) is 0.571. The quantitative estimate of drug-likeness (QED) is 0.445. The van der Waals surface area contributed by atoms with E-state index < -0.39 is 6.10 Å². The van der Waals surface area contributed by atoms with E-state index in [0.717, 1.165) is 0 Å². The van der Waals surface area contributed by atoms with E-state index >= 15 is 0 Å². The second-order valence-corrected chi connectivity index (χ2v) is 2.27. The molecule has 0 saturated carbocycles. The van der Waals surface area contributed by atoms with E-state index in [4.69, 9.17) is 10.8 Å². The van der Waals surface area contributed by atoms with Crippen LogP contribution in [0.5, 0.6) is 0 Å². The zero-order chi connectivity index (χ0) is 8.15. The van der Waals surface area contributed by atoms with Crippen LogP contribution in [0, 0.1) is 5.92 Å². The van der Waals surface area contributed by atoms with E-state index in [1.807, 2.05) is 6.92 Å². The molecule has 2 unspecified atom stereocenters. The minimum atomic E-state index is -0.455. The smallest absolute Gasteiger partial charge is 0.104 e. The SMILES string of the molecule is C=CN=C(N)C(C)C(C)O. The highest BCUT2D eigenvalue weighted by atomic mass is 16.3. The average molecular weight is 142 g/mol. The van der Waals surface area contributed by atoms with Gasteiger partial charge in [0.1, 0.15) is 5.84 Å². The molecule has 3 N–H and O–H groups in total. The summed E-state index contributed by atoms with van der Waals surface area (Å²) in [7, 11) is 0. The molecule has 0 aromatic heterocycles. The number of aliphatic hydroxyl groups excluding tert-OH is 1. The minimum Gasteiger partial charge on any atom is -0.393 e. The Hall–Kier alpha value is -0.830. The Balaban J connectivity index is 4.06. The predicted molar refractivity (Wildman–Crippen MR) is 42.7 cm³/mol. The normalized spacial score (nSPS) is 18.1. The standard InChI is InChI=1S/C7H14N2O/c1-4-9-7(8)5(2)6(3)10/h4-6,10H,1H2,2-3H3,(H2,8,9). The van der Waals surface area contributed by atoms with Gasteiger partial charge in [0.05, 0.1) is 6.10 Å². The molecule has 3 nitrogen and oxygen atoms in total. The van der Waals surface area contributed by atoms with Gasteiger partial charge in [0.25, 0.3) is 0 Å². The van der Waals surface area contributed by atoms with Crippen LogP contribution in [-0.4, -0.2) is 17.0 Å². The van der Waals surface area contributed by atoms with Crippen molar-refractivity contribution < 1.29 is 5.11 Å². The van der Waals surface area contributed by atoms with Crippen molar-refractivity contribution in [2.24, 2.45) is 16.6 Å². The summed E-state index contributed by atoms with van der Waals surface area (Å²) in [6.07, 6.45) is 0.914. The van der Waals surface area contributed by atoms with Gasteiger partial charge in [0.15, 0.2) is 0 Å². The molecule has 0 aliphatic rings. The van der Waals surface area contributed by atoms with E-state index in [1.54, 1.807) is 6.92 Å². The summed E-state index contributed by atoms with van der Waals surface area (Å²) in [5.74, 6) is 0.322. The van der Waals surface area contributed by atoms with Crippen LogP contribution in [0.25, 0.3) is 0 Å². The van der Waals surface area contributed by atoms with Crippen LogP contribution in [0.15, 0.2) is 17.8 Å². The second-order valence-electron chi connectivity index (χ2n) is 2.27. The van der Waals surface area contributed by atoms with E-state index in [9.17, 15) is 0 Å². The van der Waals surface area contributed by atoms with Crippen LogP contribution in [0.3, 0.4) is 0 Å². The lowest BCUT2D eigenvalue weighted by atomic mass is 10.1. The molecule has 0 heterocycles. The fourth-order valence-electron chi connectivity index (χ4n) is 0.470. The molecule has 3 heteroatoms. The third-order valence-corrected chi connectivity index (χ3v) is 1.43. The van der Waals surface area contributed by atoms with Crippen molar-refractivity contribution in [3.63, 3.8) is 0 Å². The number of aliphatic imine (C=N–C) groups is 1. The number of hydrogen-bond acceptors (Lipinski definition) is 2. The van der Waals surface area contributed by atoms with Gasteiger partial charge in [-0.25, -0.2) is 4.99 Å². The molecule has 0 aliphatic carbocycles. The van der Waals surface area contributed by atoms with Gasteiger partial charge in [-0.05, 0) is 6.92 Å². The van der Waals surface area contributed by atoms with Crippen LogP contribution in [0.1, 0.15) is 13.8 Å². The number of hydrogen-bond donors (Lipinski definition) is 2. The summed E-state index contributed by atoms with van der Waals surface area (Å²) in [6, 6.07) is 0. The largest absolute Gasteiger partial charge is 0.393 e. The molecule has 0 bridgehead atoms. The summed E-state index contributed by atoms with van der Waals surface area (Å²) >= 11 is 0. The maximum Gasteiger partial charge on any atom is 0.104 e. The van der Waals surface area contributed by atoms with Crippen molar-refractivity contribution in [2.75, 3.05) is 0 Å². The Morgan fingerprint density at radius 2 is 2.20 bits per heavy atom. The van der Waals surface area contributed by atoms with E-state index in [1.165, 1.54) is 6.20 Å². The fourth-order valence-corrected chi connectivity index (χ4v) is 0.470. The molecule has 58 valence electrons. The highest BCUT2D eigenvalue weighted by Crippen LogP contribution is 2.01. The first kappa shape index (κ1) is 9.17. The highest BCUT2D eigenvalue weighted by Gasteiger charge is 2.11. The Morgan fingerprint density at radius 3 is 2.50 bits per heavy atom. The molecule has 0 saturated heterocycles. The molecule has 2 atom stereocenters. The summed E-state index contributed by atoms with van der Waals surface area (Å²) < 4.78 is 0. The third kappa shape index (κ3) is 2.64. The first-order valence-electron chi connectivity index (χ1n) is 3.21. The van der Waals surface area contributed by atoms with Crippen molar-refractivity contribution in [3.8, 4) is 0 Å². The zero-order valence-corrected chi connectivity index (χ0v) is 6.41. The van der Waals surface area contributed by atoms with Crippen LogP contribution in [0.2, 0.25) is 0 Å². The second kappa shape index (κ2) is 4.06. The summed E-state index contributed by atoms with van der Waals surface area (Å²) in [5, 5.41) is 9.02. The van der Waals surface area contributed by atoms with Crippen LogP contribution in [0.4, 0.5) is 0 Å². The van der Waals surface area contributed by atoms with Gasteiger partial charge in [-0.2, -0.15) is 0 Å². The van der Waals surface area contributed by atoms with Crippen molar-refractivity contribution in [3.05, 3.63) is 12.8 Å². The molecule has 0 rings (SSSR count). The lowest BCUT2D eigenvalue weighted by molar-refractivity contribution is 0.164. The first-order chi connectivity index (χ1) is 4.59. The van der Waals surface area contributed by atoms with Gasteiger partial charge >= 0.3 is 0 Å². The Kier molecular flexibility index (Phi) is 3.72. The van der Waals surface area contributed by atoms with Crippen LogP contribution >= 0.6 is 0 Å². The van der Waals surface area contributed by atoms with Gasteiger partial charge in [0.2, 0.25) is 0 Å². The number of amidine groups is 1. The van der Waals surface area contributed by atoms with E-state index in [-0.39, 0.29) is 5.92 Å². The third-order valence-electron chi connectivity index (χ3n) is 1.43. The predicted octanol–water partition coefficient (Wildman–Crippen LogP) is 0.504. The Morgan fingerprint density at radius 1 is 1.70 bits per heavy atom. The number of rotatable bonds is 3. The molecule has 10 heavy (non-hydrogen) atoms. The van der Waals surface area contributed by atoms with Gasteiger partial charge in [-0.3, -0.25) is 0 Å². The van der Waals surface area contributed by atoms with E-state index in [0.29, 0.717) is 5.84 Å². The van der Waals surface area contributed by atoms with Crippen LogP contribution < -0.4 is 5.73 Å². The number of aliphatic hydroxyl groups is 1. The maximum atomic E-state index is 9.02. The molecule has 0 radical (unpaired) electrons. The zero-order valence-electron chi connectivity index (χ0n) is 6.41. The molecule has 0 fully saturated rings. The summed E-state index contributed by atoms with van der Waals surface area (Å²) in [4.78, 5) is 3.74. The minimum absolute atomic E-state index is 0.0991.